The average molecular weight is 185 g/mol. The topological polar surface area (TPSA) is 55.4 Å². The monoisotopic (exact) mass is 185 g/mol. The second-order valence-electron chi connectivity index (χ2n) is 1.66. The van der Waals surface area contributed by atoms with Crippen molar-refractivity contribution in [2.45, 2.75) is 0 Å². The van der Waals surface area contributed by atoms with Crippen molar-refractivity contribution in [3.05, 3.63) is 25.3 Å². The van der Waals surface area contributed by atoms with Crippen LogP contribution in [0, 0.1) is 0 Å². The molecular formula is C6H12LiNO3S. The Labute approximate surface area is 85.1 Å². The van der Waals surface area contributed by atoms with E-state index in [0.717, 1.165) is 0 Å². The maximum absolute atomic E-state index is 10.7. The van der Waals surface area contributed by atoms with Crippen LogP contribution >= 0.6 is 0 Å². The average Bonchev–Trinajstić information content (AvgIpc) is 1.97. The van der Waals surface area contributed by atoms with Gasteiger partial charge in [0.25, 0.3) is 0 Å². The van der Waals surface area contributed by atoms with E-state index in [-0.39, 0.29) is 32.0 Å². The fourth-order valence-corrected chi connectivity index (χ4v) is 1.02. The summed E-state index contributed by atoms with van der Waals surface area (Å²) in [6, 6.07) is 0. The molecule has 0 aromatic heterocycles. The Morgan fingerprint density at radius 2 is 1.92 bits per heavy atom. The van der Waals surface area contributed by atoms with Crippen molar-refractivity contribution < 1.29 is 12.6 Å². The summed E-state index contributed by atoms with van der Waals surface area (Å²) in [7, 11) is -3.60. The zero-order chi connectivity index (χ0) is 8.74. The van der Waals surface area contributed by atoms with Gasteiger partial charge in [-0.05, 0) is 0 Å². The van der Waals surface area contributed by atoms with E-state index in [9.17, 15) is 8.42 Å². The van der Waals surface area contributed by atoms with Crippen molar-refractivity contribution in [3.63, 3.8) is 0 Å². The molecule has 0 amide bonds. The summed E-state index contributed by atoms with van der Waals surface area (Å²) in [5.74, 6) is 0. The van der Waals surface area contributed by atoms with Crippen LogP contribution in [0.1, 0.15) is 0 Å². The Kier molecular flexibility index (Phi) is 9.15. The Morgan fingerprint density at radius 1 is 1.33 bits per heavy atom. The Balaban J connectivity index is 0. The zero-order valence-electron chi connectivity index (χ0n) is 6.12. The molecule has 0 aliphatic carbocycles. The number of rotatable bonds is 6. The summed E-state index contributed by atoms with van der Waals surface area (Å²) in [5.41, 5.74) is 0. The predicted molar refractivity (Wildman–Crippen MR) is 50.4 cm³/mol. The van der Waals surface area contributed by atoms with E-state index in [1.165, 1.54) is 12.2 Å². The summed E-state index contributed by atoms with van der Waals surface area (Å²) in [5, 5.41) is 0. The van der Waals surface area contributed by atoms with E-state index < -0.39 is 10.3 Å². The number of hydrogen-bond donors (Lipinski definition) is 1. The summed E-state index contributed by atoms with van der Waals surface area (Å²) in [6.45, 7) is 6.79. The van der Waals surface area contributed by atoms with E-state index in [4.69, 9.17) is 0 Å². The molecule has 0 aromatic rings. The first-order valence-corrected chi connectivity index (χ1v) is 4.39. The Hall–Kier alpha value is -0.0526. The van der Waals surface area contributed by atoms with Crippen LogP contribution < -0.4 is 4.72 Å². The van der Waals surface area contributed by atoms with Crippen molar-refractivity contribution in [3.8, 4) is 0 Å². The fourth-order valence-electron chi connectivity index (χ4n) is 0.340. The van der Waals surface area contributed by atoms with Crippen molar-refractivity contribution in [1.29, 1.82) is 0 Å². The standard InChI is InChI=1S/C6H11NO3S.Li.H/c1-3-5-7-11(8,9)10-6-4-2;;/h3-4,7H,1-2,5-6H2;;. The minimum absolute atomic E-state index is 0. The summed E-state index contributed by atoms with van der Waals surface area (Å²) >= 11 is 0. The normalized spacial score (nSPS) is 10.0. The first kappa shape index (κ1) is 14.5. The molecule has 0 aromatic carbocycles. The molecule has 0 unspecified atom stereocenters. The van der Waals surface area contributed by atoms with Crippen LogP contribution in [0.15, 0.2) is 25.3 Å². The van der Waals surface area contributed by atoms with Crippen molar-refractivity contribution in [2.75, 3.05) is 13.2 Å². The van der Waals surface area contributed by atoms with E-state index in [1.807, 2.05) is 0 Å². The molecule has 0 heterocycles. The molecule has 0 aliphatic heterocycles. The molecule has 0 aliphatic rings. The van der Waals surface area contributed by atoms with Crippen LogP contribution in [-0.4, -0.2) is 40.4 Å². The van der Waals surface area contributed by atoms with Gasteiger partial charge in [-0.25, -0.2) is 0 Å². The summed E-state index contributed by atoms with van der Waals surface area (Å²) in [6.07, 6.45) is 2.78. The number of hydrogen-bond acceptors (Lipinski definition) is 3. The quantitative estimate of drug-likeness (QED) is 0.451. The van der Waals surface area contributed by atoms with Crippen LogP contribution in [0.4, 0.5) is 0 Å². The SMILES string of the molecule is C=CCNS(=O)(=O)OCC=C.[LiH]. The molecule has 12 heavy (non-hydrogen) atoms. The third-order valence-electron chi connectivity index (χ3n) is 0.745. The fraction of sp³-hybridized carbons (Fsp3) is 0.333. The third kappa shape index (κ3) is 8.05. The second-order valence-corrected chi connectivity index (χ2v) is 3.10. The molecule has 6 heteroatoms. The molecule has 0 saturated carbocycles. The Bertz CT molecular complexity index is 207. The van der Waals surface area contributed by atoms with Gasteiger partial charge >= 0.3 is 29.2 Å². The Morgan fingerprint density at radius 3 is 2.33 bits per heavy atom. The van der Waals surface area contributed by atoms with Crippen LogP contribution in [0.25, 0.3) is 0 Å². The van der Waals surface area contributed by atoms with Crippen LogP contribution in [0.5, 0.6) is 0 Å². The molecule has 0 fully saturated rings. The molecule has 0 bridgehead atoms. The van der Waals surface area contributed by atoms with E-state index in [2.05, 4.69) is 22.1 Å². The second kappa shape index (κ2) is 7.59. The van der Waals surface area contributed by atoms with Gasteiger partial charge in [0, 0.05) is 6.54 Å². The van der Waals surface area contributed by atoms with Gasteiger partial charge in [-0.3, -0.25) is 4.18 Å². The van der Waals surface area contributed by atoms with Crippen LogP contribution in [-0.2, 0) is 14.5 Å². The molecule has 0 saturated heterocycles. The van der Waals surface area contributed by atoms with Gasteiger partial charge in [0.2, 0.25) is 0 Å². The molecule has 66 valence electrons. The van der Waals surface area contributed by atoms with E-state index in [1.54, 1.807) is 0 Å². The molecule has 1 N–H and O–H groups in total. The zero-order valence-corrected chi connectivity index (χ0v) is 6.93. The molecular weight excluding hydrogens is 173 g/mol. The van der Waals surface area contributed by atoms with Gasteiger partial charge < -0.3 is 0 Å². The van der Waals surface area contributed by atoms with Gasteiger partial charge in [-0.2, -0.15) is 13.1 Å². The van der Waals surface area contributed by atoms with Gasteiger partial charge in [-0.1, -0.05) is 12.2 Å². The van der Waals surface area contributed by atoms with Crippen molar-refractivity contribution in [1.82, 2.24) is 4.72 Å². The third-order valence-corrected chi connectivity index (χ3v) is 1.71. The molecule has 0 radical (unpaired) electrons. The van der Waals surface area contributed by atoms with Gasteiger partial charge in [0.05, 0.1) is 6.61 Å². The van der Waals surface area contributed by atoms with E-state index in [0.29, 0.717) is 0 Å². The van der Waals surface area contributed by atoms with Gasteiger partial charge in [0.1, 0.15) is 0 Å². The minimum atomic E-state index is -3.60. The maximum atomic E-state index is 10.7. The molecule has 4 nitrogen and oxygen atoms in total. The van der Waals surface area contributed by atoms with Crippen LogP contribution in [0.2, 0.25) is 0 Å². The summed E-state index contributed by atoms with van der Waals surface area (Å²) < 4.78 is 27.9. The van der Waals surface area contributed by atoms with Gasteiger partial charge in [0.15, 0.2) is 0 Å². The van der Waals surface area contributed by atoms with E-state index >= 15 is 0 Å². The van der Waals surface area contributed by atoms with Crippen molar-refractivity contribution >= 4 is 29.2 Å². The molecule has 0 atom stereocenters. The van der Waals surface area contributed by atoms with Gasteiger partial charge in [-0.15, -0.1) is 13.2 Å². The van der Waals surface area contributed by atoms with Crippen molar-refractivity contribution in [2.24, 2.45) is 0 Å². The number of nitrogens with one attached hydrogen (secondary N) is 1. The predicted octanol–water partition coefficient (Wildman–Crippen LogP) is -0.439. The molecule has 0 rings (SSSR count). The first-order chi connectivity index (χ1) is 5.12. The first-order valence-electron chi connectivity index (χ1n) is 2.98. The summed E-state index contributed by atoms with van der Waals surface area (Å²) in [4.78, 5) is 0. The van der Waals surface area contributed by atoms with Crippen LogP contribution in [0.3, 0.4) is 0 Å². The molecule has 0 spiro atoms.